The molecule has 21 heavy (non-hydrogen) atoms. The monoisotopic (exact) mass is 422 g/mol. The van der Waals surface area contributed by atoms with Crippen LogP contribution in [0.1, 0.15) is 57.2 Å². The summed E-state index contributed by atoms with van der Waals surface area (Å²) in [5.41, 5.74) is 7.21. The van der Waals surface area contributed by atoms with E-state index in [0.717, 1.165) is 11.4 Å². The lowest BCUT2D eigenvalue weighted by atomic mass is 9.93. The van der Waals surface area contributed by atoms with Crippen molar-refractivity contribution in [2.45, 2.75) is 64.3 Å². The number of nitrogens with one attached hydrogen (secondary N) is 1. The third-order valence-electron chi connectivity index (χ3n) is 3.64. The molecular weight excluding hydrogens is 395 g/mol. The van der Waals surface area contributed by atoms with Gasteiger partial charge >= 0.3 is 0 Å². The van der Waals surface area contributed by atoms with Gasteiger partial charge in [0.2, 0.25) is 0 Å². The maximum absolute atomic E-state index is 5.91. The standard InChI is InChI=1S/C15H26N4S.HI/c1-15(2,3)12-10-20-13(19-12)8-9-17-14(16)18-11-6-4-5-7-11;/h10-11H,4-9H2,1-3H3,(H3,16,17,18);1H. The van der Waals surface area contributed by atoms with Gasteiger partial charge in [0.1, 0.15) is 0 Å². The Morgan fingerprint density at radius 1 is 1.43 bits per heavy atom. The Labute approximate surface area is 149 Å². The first-order valence-corrected chi connectivity index (χ1v) is 8.34. The van der Waals surface area contributed by atoms with Gasteiger partial charge in [-0.2, -0.15) is 0 Å². The summed E-state index contributed by atoms with van der Waals surface area (Å²) in [5.74, 6) is 0.588. The van der Waals surface area contributed by atoms with Gasteiger partial charge in [0.25, 0.3) is 0 Å². The minimum Gasteiger partial charge on any atom is -0.370 e. The molecule has 120 valence electrons. The van der Waals surface area contributed by atoms with Crippen LogP contribution in [0.5, 0.6) is 0 Å². The summed E-state index contributed by atoms with van der Waals surface area (Å²) < 4.78 is 0. The number of hydrogen-bond donors (Lipinski definition) is 2. The molecule has 0 aromatic carbocycles. The highest BCUT2D eigenvalue weighted by molar-refractivity contribution is 14.0. The number of nitrogens with two attached hydrogens (primary N) is 1. The topological polar surface area (TPSA) is 63.3 Å². The number of thiazole rings is 1. The number of aromatic nitrogens is 1. The second kappa shape index (κ2) is 8.31. The fourth-order valence-corrected chi connectivity index (χ4v) is 3.38. The van der Waals surface area contributed by atoms with Crippen LogP contribution in [0.15, 0.2) is 10.4 Å². The maximum Gasteiger partial charge on any atom is 0.188 e. The van der Waals surface area contributed by atoms with Crippen LogP contribution >= 0.6 is 35.3 Å². The molecule has 2 rings (SSSR count). The van der Waals surface area contributed by atoms with Crippen molar-refractivity contribution >= 4 is 41.3 Å². The van der Waals surface area contributed by atoms with Crippen molar-refractivity contribution in [3.05, 3.63) is 16.1 Å². The predicted octanol–water partition coefficient (Wildman–Crippen LogP) is 3.45. The Hall–Kier alpha value is -0.370. The number of hydrogen-bond acceptors (Lipinski definition) is 3. The Kier molecular flexibility index (Phi) is 7.39. The Morgan fingerprint density at radius 2 is 2.10 bits per heavy atom. The maximum atomic E-state index is 5.91. The van der Waals surface area contributed by atoms with Crippen LogP contribution in [0.2, 0.25) is 0 Å². The van der Waals surface area contributed by atoms with Crippen molar-refractivity contribution in [2.24, 2.45) is 10.7 Å². The molecule has 1 aromatic heterocycles. The summed E-state index contributed by atoms with van der Waals surface area (Å²) in [4.78, 5) is 9.07. The molecule has 0 spiro atoms. The van der Waals surface area contributed by atoms with Gasteiger partial charge in [0.05, 0.1) is 10.7 Å². The van der Waals surface area contributed by atoms with Crippen molar-refractivity contribution in [3.63, 3.8) is 0 Å². The molecule has 1 aliphatic carbocycles. The summed E-state index contributed by atoms with van der Waals surface area (Å²) in [7, 11) is 0. The molecular formula is C15H27IN4S. The summed E-state index contributed by atoms with van der Waals surface area (Å²) in [6, 6.07) is 0.533. The first-order chi connectivity index (χ1) is 9.45. The fourth-order valence-electron chi connectivity index (χ4n) is 2.37. The van der Waals surface area contributed by atoms with Crippen LogP contribution in [0.25, 0.3) is 0 Å². The summed E-state index contributed by atoms with van der Waals surface area (Å²) in [6.45, 7) is 7.27. The van der Waals surface area contributed by atoms with Crippen molar-refractivity contribution in [3.8, 4) is 0 Å². The van der Waals surface area contributed by atoms with E-state index < -0.39 is 0 Å². The van der Waals surface area contributed by atoms with Gasteiger partial charge in [-0.15, -0.1) is 35.3 Å². The molecule has 6 heteroatoms. The zero-order valence-corrected chi connectivity index (χ0v) is 16.3. The molecule has 1 aliphatic rings. The molecule has 0 radical (unpaired) electrons. The Morgan fingerprint density at radius 3 is 2.67 bits per heavy atom. The summed E-state index contributed by atoms with van der Waals surface area (Å²) in [5, 5.41) is 6.60. The third kappa shape index (κ3) is 6.10. The summed E-state index contributed by atoms with van der Waals surface area (Å²) >= 11 is 1.72. The average Bonchev–Trinajstić information content (AvgIpc) is 2.98. The highest BCUT2D eigenvalue weighted by Gasteiger charge is 2.17. The zero-order chi connectivity index (χ0) is 14.6. The smallest absolute Gasteiger partial charge is 0.188 e. The van der Waals surface area contributed by atoms with E-state index in [-0.39, 0.29) is 29.4 Å². The van der Waals surface area contributed by atoms with E-state index in [9.17, 15) is 0 Å². The van der Waals surface area contributed by atoms with Crippen LogP contribution in [-0.4, -0.2) is 23.5 Å². The molecule has 1 fully saturated rings. The Bertz CT molecular complexity index is 458. The SMILES string of the molecule is CC(C)(C)c1csc(CCN=C(N)NC2CCCC2)n1.I. The summed E-state index contributed by atoms with van der Waals surface area (Å²) in [6.07, 6.45) is 5.92. The van der Waals surface area contributed by atoms with Crippen LogP contribution in [0, 0.1) is 0 Å². The first-order valence-electron chi connectivity index (χ1n) is 7.46. The van der Waals surface area contributed by atoms with Crippen LogP contribution < -0.4 is 11.1 Å². The zero-order valence-electron chi connectivity index (χ0n) is 13.2. The van der Waals surface area contributed by atoms with Crippen molar-refractivity contribution < 1.29 is 0 Å². The van der Waals surface area contributed by atoms with Gasteiger partial charge in [-0.3, -0.25) is 4.99 Å². The second-order valence-electron chi connectivity index (χ2n) is 6.52. The minimum absolute atomic E-state index is 0. The molecule has 0 atom stereocenters. The van der Waals surface area contributed by atoms with Gasteiger partial charge in [-0.25, -0.2) is 4.98 Å². The van der Waals surface area contributed by atoms with Crippen LogP contribution in [-0.2, 0) is 11.8 Å². The van der Waals surface area contributed by atoms with Gasteiger partial charge < -0.3 is 11.1 Å². The van der Waals surface area contributed by atoms with Gasteiger partial charge in [-0.05, 0) is 12.8 Å². The van der Waals surface area contributed by atoms with E-state index in [0.29, 0.717) is 18.5 Å². The lowest BCUT2D eigenvalue weighted by Gasteiger charge is -2.14. The van der Waals surface area contributed by atoms with Crippen LogP contribution in [0.3, 0.4) is 0 Å². The number of nitrogens with zero attached hydrogens (tertiary/aromatic N) is 2. The molecule has 1 heterocycles. The van der Waals surface area contributed by atoms with E-state index in [2.05, 4.69) is 41.4 Å². The molecule has 0 amide bonds. The molecule has 3 N–H and O–H groups in total. The van der Waals surface area contributed by atoms with Gasteiger partial charge in [-0.1, -0.05) is 33.6 Å². The van der Waals surface area contributed by atoms with Gasteiger partial charge in [0.15, 0.2) is 5.96 Å². The predicted molar refractivity (Wildman–Crippen MR) is 102 cm³/mol. The largest absolute Gasteiger partial charge is 0.370 e. The molecule has 0 unspecified atom stereocenters. The second-order valence-corrected chi connectivity index (χ2v) is 7.46. The molecule has 1 saturated carbocycles. The fraction of sp³-hybridized carbons (Fsp3) is 0.733. The lowest BCUT2D eigenvalue weighted by Crippen LogP contribution is -2.38. The van der Waals surface area contributed by atoms with Crippen molar-refractivity contribution in [2.75, 3.05) is 6.54 Å². The Balaban J connectivity index is 0.00000220. The average molecular weight is 422 g/mol. The molecule has 0 bridgehead atoms. The highest BCUT2D eigenvalue weighted by atomic mass is 127. The number of guanidine groups is 1. The first kappa shape index (κ1) is 18.7. The van der Waals surface area contributed by atoms with E-state index in [4.69, 9.17) is 5.73 Å². The van der Waals surface area contributed by atoms with Gasteiger partial charge in [0, 0.05) is 29.8 Å². The minimum atomic E-state index is 0. The van der Waals surface area contributed by atoms with Crippen molar-refractivity contribution in [1.82, 2.24) is 10.3 Å². The molecule has 1 aromatic rings. The highest BCUT2D eigenvalue weighted by Crippen LogP contribution is 2.24. The third-order valence-corrected chi connectivity index (χ3v) is 4.54. The normalized spacial score (nSPS) is 16.8. The number of rotatable bonds is 4. The van der Waals surface area contributed by atoms with E-state index >= 15 is 0 Å². The van der Waals surface area contributed by atoms with E-state index in [1.54, 1.807) is 11.3 Å². The molecule has 0 saturated heterocycles. The molecule has 0 aliphatic heterocycles. The quantitative estimate of drug-likeness (QED) is 0.444. The van der Waals surface area contributed by atoms with E-state index in [1.165, 1.54) is 31.4 Å². The number of halogens is 1. The molecule has 4 nitrogen and oxygen atoms in total. The number of aliphatic imine (C=N–C) groups is 1. The van der Waals surface area contributed by atoms with Crippen molar-refractivity contribution in [1.29, 1.82) is 0 Å². The van der Waals surface area contributed by atoms with Crippen LogP contribution in [0.4, 0.5) is 0 Å². The van der Waals surface area contributed by atoms with E-state index in [1.807, 2.05) is 0 Å². The lowest BCUT2D eigenvalue weighted by molar-refractivity contribution is 0.571.